The van der Waals surface area contributed by atoms with E-state index in [4.69, 9.17) is 0 Å². The molecule has 2 heteroatoms. The van der Waals surface area contributed by atoms with E-state index in [1.165, 1.54) is 81.5 Å². The zero-order chi connectivity index (χ0) is 38.0. The van der Waals surface area contributed by atoms with Gasteiger partial charge in [-0.2, -0.15) is 0 Å². The maximum atomic E-state index is 2.47. The van der Waals surface area contributed by atoms with E-state index in [0.29, 0.717) is 0 Å². The number of thiophene rings is 1. The minimum Gasteiger partial charge on any atom is -0.310 e. The Morgan fingerprint density at radius 2 is 0.929 bits per heavy atom. The molecule has 0 saturated heterocycles. The number of para-hydroxylation sites is 1. The lowest BCUT2D eigenvalue weighted by molar-refractivity contribution is 0.299. The van der Waals surface area contributed by atoms with Gasteiger partial charge in [-0.05, 0) is 127 Å². The van der Waals surface area contributed by atoms with Gasteiger partial charge in [0.1, 0.15) is 0 Å². The van der Waals surface area contributed by atoms with Gasteiger partial charge in [-0.15, -0.1) is 11.3 Å². The van der Waals surface area contributed by atoms with Crippen LogP contribution in [0.1, 0.15) is 38.8 Å². The molecule has 0 fully saturated rings. The van der Waals surface area contributed by atoms with Crippen LogP contribution >= 0.6 is 11.3 Å². The molecule has 1 aliphatic rings. The highest BCUT2D eigenvalue weighted by molar-refractivity contribution is 7.26. The molecule has 0 aliphatic heterocycles. The molecule has 10 rings (SSSR count). The fourth-order valence-electron chi connectivity index (χ4n) is 8.92. The van der Waals surface area contributed by atoms with E-state index in [1.54, 1.807) is 0 Å². The van der Waals surface area contributed by atoms with Crippen LogP contribution in [0, 0.1) is 0 Å². The molecule has 1 aliphatic carbocycles. The van der Waals surface area contributed by atoms with E-state index in [1.807, 2.05) is 11.3 Å². The lowest BCUT2D eigenvalue weighted by atomic mass is 9.55. The third-order valence-electron chi connectivity index (χ3n) is 12.6. The molecule has 56 heavy (non-hydrogen) atoms. The normalized spacial score (nSPS) is 14.0. The molecular weight excluding hydrogens is 695 g/mol. The highest BCUT2D eigenvalue weighted by Gasteiger charge is 2.46. The number of hydrogen-bond acceptors (Lipinski definition) is 2. The molecular formula is C54H43NS. The van der Waals surface area contributed by atoms with E-state index in [2.05, 4.69) is 221 Å². The summed E-state index contributed by atoms with van der Waals surface area (Å²) in [6, 6.07) is 69.3. The molecule has 0 N–H and O–H groups in total. The summed E-state index contributed by atoms with van der Waals surface area (Å²) in [5, 5.41) is 2.59. The standard InChI is InChI=1S/C54H43NS/c1-53(2)47-31-29-40(38-19-13-18-37(32-38)36-16-7-5-8-17-36)34-46(47)44-30-28-41(35-48(44)54(53,3)4)39-20-14-23-43(33-39)55(42-21-9-6-10-22-42)49-25-15-27-51-52(49)45-24-11-12-26-50(45)56-51/h5-35H,1-4H3. The number of benzene rings is 8. The molecule has 1 aromatic heterocycles. The van der Waals surface area contributed by atoms with Gasteiger partial charge in [0.2, 0.25) is 0 Å². The maximum Gasteiger partial charge on any atom is 0.0554 e. The summed E-state index contributed by atoms with van der Waals surface area (Å²) in [6.07, 6.45) is 0. The average molecular weight is 738 g/mol. The van der Waals surface area contributed by atoms with Crippen molar-refractivity contribution in [1.82, 2.24) is 0 Å². The van der Waals surface area contributed by atoms with Crippen LogP contribution in [0.3, 0.4) is 0 Å². The average Bonchev–Trinajstić information content (AvgIpc) is 3.63. The zero-order valence-corrected chi connectivity index (χ0v) is 33.1. The summed E-state index contributed by atoms with van der Waals surface area (Å²) < 4.78 is 2.61. The van der Waals surface area contributed by atoms with Crippen molar-refractivity contribution in [3.8, 4) is 44.5 Å². The predicted octanol–water partition coefficient (Wildman–Crippen LogP) is 15.8. The minimum absolute atomic E-state index is 0.0910. The Morgan fingerprint density at radius 1 is 0.375 bits per heavy atom. The van der Waals surface area contributed by atoms with Crippen LogP contribution in [-0.2, 0) is 10.8 Å². The van der Waals surface area contributed by atoms with Crippen LogP contribution in [0.4, 0.5) is 17.1 Å². The van der Waals surface area contributed by atoms with E-state index in [-0.39, 0.29) is 10.8 Å². The molecule has 0 bridgehead atoms. The molecule has 9 aromatic rings. The second-order valence-corrected chi connectivity index (χ2v) is 17.3. The molecule has 0 radical (unpaired) electrons. The monoisotopic (exact) mass is 737 g/mol. The van der Waals surface area contributed by atoms with Gasteiger partial charge in [0.15, 0.2) is 0 Å². The Balaban J connectivity index is 1.09. The van der Waals surface area contributed by atoms with Crippen LogP contribution in [0.5, 0.6) is 0 Å². The number of anilines is 3. The SMILES string of the molecule is CC1(C)c2ccc(-c3cccc(-c4ccccc4)c3)cc2-c2ccc(-c3cccc(N(c4ccccc4)c4cccc5sc6ccccc6c45)c3)cc2C1(C)C. The Kier molecular flexibility index (Phi) is 8.09. The van der Waals surface area contributed by atoms with Crippen molar-refractivity contribution in [3.05, 3.63) is 199 Å². The number of rotatable bonds is 6. The summed E-state index contributed by atoms with van der Waals surface area (Å²) in [6.45, 7) is 9.69. The first kappa shape index (κ1) is 34.3. The Bertz CT molecular complexity index is 2910. The molecule has 0 amide bonds. The lowest BCUT2D eigenvalue weighted by Gasteiger charge is -2.48. The van der Waals surface area contributed by atoms with Gasteiger partial charge >= 0.3 is 0 Å². The van der Waals surface area contributed by atoms with Crippen molar-refractivity contribution in [3.63, 3.8) is 0 Å². The van der Waals surface area contributed by atoms with Crippen LogP contribution in [-0.4, -0.2) is 0 Å². The highest BCUT2D eigenvalue weighted by Crippen LogP contribution is 2.55. The molecule has 8 aromatic carbocycles. The van der Waals surface area contributed by atoms with Crippen LogP contribution < -0.4 is 4.90 Å². The van der Waals surface area contributed by atoms with Gasteiger partial charge in [0, 0.05) is 31.5 Å². The third-order valence-corrected chi connectivity index (χ3v) is 13.8. The van der Waals surface area contributed by atoms with Crippen molar-refractivity contribution in [2.45, 2.75) is 38.5 Å². The van der Waals surface area contributed by atoms with Crippen molar-refractivity contribution < 1.29 is 0 Å². The van der Waals surface area contributed by atoms with Crippen molar-refractivity contribution in [2.75, 3.05) is 4.90 Å². The Morgan fingerprint density at radius 3 is 1.73 bits per heavy atom. The Hall–Kier alpha value is -6.22. The van der Waals surface area contributed by atoms with Crippen molar-refractivity contribution in [2.24, 2.45) is 0 Å². The molecule has 270 valence electrons. The molecule has 1 nitrogen and oxygen atoms in total. The van der Waals surface area contributed by atoms with E-state index < -0.39 is 0 Å². The summed E-state index contributed by atoms with van der Waals surface area (Å²) in [5.41, 5.74) is 16.1. The molecule has 0 unspecified atom stereocenters. The van der Waals surface area contributed by atoms with Gasteiger partial charge < -0.3 is 4.90 Å². The van der Waals surface area contributed by atoms with E-state index in [0.717, 1.165) is 11.4 Å². The Labute approximate surface area is 334 Å². The fourth-order valence-corrected chi connectivity index (χ4v) is 10.0. The zero-order valence-electron chi connectivity index (χ0n) is 32.3. The fraction of sp³-hybridized carbons (Fsp3) is 0.111. The lowest BCUT2D eigenvalue weighted by Crippen LogP contribution is -2.43. The van der Waals surface area contributed by atoms with Crippen LogP contribution in [0.2, 0.25) is 0 Å². The van der Waals surface area contributed by atoms with Crippen LogP contribution in [0.25, 0.3) is 64.7 Å². The number of nitrogens with zero attached hydrogens (tertiary/aromatic N) is 1. The van der Waals surface area contributed by atoms with Crippen molar-refractivity contribution >= 4 is 48.6 Å². The number of fused-ring (bicyclic) bond motifs is 6. The van der Waals surface area contributed by atoms with Gasteiger partial charge in [-0.1, -0.05) is 155 Å². The summed E-state index contributed by atoms with van der Waals surface area (Å²) in [5.74, 6) is 0. The highest BCUT2D eigenvalue weighted by atomic mass is 32.1. The smallest absolute Gasteiger partial charge is 0.0554 e. The number of hydrogen-bond donors (Lipinski definition) is 0. The maximum absolute atomic E-state index is 2.47. The first-order valence-corrected chi connectivity index (χ1v) is 20.4. The summed E-state index contributed by atoms with van der Waals surface area (Å²) in [4.78, 5) is 2.43. The van der Waals surface area contributed by atoms with Gasteiger partial charge in [0.25, 0.3) is 0 Å². The third kappa shape index (κ3) is 5.51. The van der Waals surface area contributed by atoms with E-state index >= 15 is 0 Å². The molecule has 1 heterocycles. The quantitative estimate of drug-likeness (QED) is 0.164. The van der Waals surface area contributed by atoms with Crippen molar-refractivity contribution in [1.29, 1.82) is 0 Å². The predicted molar refractivity (Wildman–Crippen MR) is 242 cm³/mol. The molecule has 0 saturated carbocycles. The largest absolute Gasteiger partial charge is 0.310 e. The van der Waals surface area contributed by atoms with Gasteiger partial charge in [0.05, 0.1) is 5.69 Å². The first-order valence-electron chi connectivity index (χ1n) is 19.6. The molecule has 0 atom stereocenters. The second kappa shape index (κ2) is 13.2. The van der Waals surface area contributed by atoms with E-state index in [9.17, 15) is 0 Å². The minimum atomic E-state index is -0.108. The topological polar surface area (TPSA) is 3.24 Å². The molecule has 0 spiro atoms. The van der Waals surface area contributed by atoms with Gasteiger partial charge in [-0.25, -0.2) is 0 Å². The summed E-state index contributed by atoms with van der Waals surface area (Å²) in [7, 11) is 0. The van der Waals surface area contributed by atoms with Gasteiger partial charge in [-0.3, -0.25) is 0 Å². The van der Waals surface area contributed by atoms with Crippen LogP contribution in [0.15, 0.2) is 188 Å². The first-order chi connectivity index (χ1) is 27.3. The second-order valence-electron chi connectivity index (χ2n) is 16.2. The summed E-state index contributed by atoms with van der Waals surface area (Å²) >= 11 is 1.86.